The Morgan fingerprint density at radius 3 is 2.70 bits per heavy atom. The first-order chi connectivity index (χ1) is 9.58. The van der Waals surface area contributed by atoms with E-state index in [1.807, 2.05) is 0 Å². The van der Waals surface area contributed by atoms with Crippen LogP contribution in [-0.2, 0) is 0 Å². The molecule has 1 heterocycles. The highest BCUT2D eigenvalue weighted by atomic mass is 35.5. The first-order valence-corrected chi connectivity index (χ1v) is 7.63. The molecule has 1 fully saturated rings. The van der Waals surface area contributed by atoms with Crippen molar-refractivity contribution in [2.24, 2.45) is 5.92 Å². The van der Waals surface area contributed by atoms with Crippen molar-refractivity contribution in [3.8, 4) is 0 Å². The van der Waals surface area contributed by atoms with Crippen molar-refractivity contribution in [1.29, 1.82) is 0 Å². The second-order valence-corrected chi connectivity index (χ2v) is 5.91. The molecule has 0 amide bonds. The van der Waals surface area contributed by atoms with Crippen LogP contribution in [0.4, 0.5) is 5.82 Å². The number of rotatable bonds is 5. The van der Waals surface area contributed by atoms with Crippen LogP contribution >= 0.6 is 11.6 Å². The summed E-state index contributed by atoms with van der Waals surface area (Å²) in [5.41, 5.74) is 0.173. The van der Waals surface area contributed by atoms with E-state index < -0.39 is 5.97 Å². The second-order valence-electron chi connectivity index (χ2n) is 5.52. The minimum absolute atomic E-state index is 0.173. The normalized spacial score (nSPS) is 22.5. The van der Waals surface area contributed by atoms with E-state index in [2.05, 4.69) is 17.2 Å². The Hall–Kier alpha value is -1.29. The molecule has 0 radical (unpaired) electrons. The molecule has 1 aliphatic rings. The number of halogens is 1. The van der Waals surface area contributed by atoms with Crippen LogP contribution in [0.15, 0.2) is 12.1 Å². The van der Waals surface area contributed by atoms with E-state index in [1.54, 1.807) is 6.07 Å². The number of carboxylic acid groups (broad SMARTS) is 1. The van der Waals surface area contributed by atoms with Crippen LogP contribution in [0, 0.1) is 5.92 Å². The van der Waals surface area contributed by atoms with Crippen LogP contribution in [0.3, 0.4) is 0 Å². The van der Waals surface area contributed by atoms with E-state index in [0.29, 0.717) is 11.9 Å². The van der Waals surface area contributed by atoms with E-state index in [1.165, 1.54) is 31.7 Å². The Morgan fingerprint density at radius 2 is 2.10 bits per heavy atom. The highest BCUT2D eigenvalue weighted by Crippen LogP contribution is 2.29. The van der Waals surface area contributed by atoms with E-state index in [4.69, 9.17) is 16.7 Å². The van der Waals surface area contributed by atoms with Crippen LogP contribution in [0.1, 0.15) is 55.8 Å². The first kappa shape index (κ1) is 15.1. The Kier molecular flexibility index (Phi) is 5.24. The summed E-state index contributed by atoms with van der Waals surface area (Å²) in [6.07, 6.45) is 7.25. The maximum absolute atomic E-state index is 11.0. The summed E-state index contributed by atoms with van der Waals surface area (Å²) in [6.45, 7) is 2.23. The molecule has 5 heteroatoms. The van der Waals surface area contributed by atoms with Crippen LogP contribution in [0.25, 0.3) is 0 Å². The topological polar surface area (TPSA) is 62.2 Å². The summed E-state index contributed by atoms with van der Waals surface area (Å²) in [5, 5.41) is 12.6. The van der Waals surface area contributed by atoms with Crippen LogP contribution in [0.2, 0.25) is 5.15 Å². The predicted molar refractivity (Wildman–Crippen MR) is 80.5 cm³/mol. The third-order valence-electron chi connectivity index (χ3n) is 3.94. The van der Waals surface area contributed by atoms with Crippen molar-refractivity contribution >= 4 is 23.4 Å². The highest BCUT2D eigenvalue weighted by molar-refractivity contribution is 6.29. The van der Waals surface area contributed by atoms with Crippen molar-refractivity contribution in [3.63, 3.8) is 0 Å². The Bertz CT molecular complexity index is 471. The molecule has 0 unspecified atom stereocenters. The van der Waals surface area contributed by atoms with E-state index >= 15 is 0 Å². The number of nitrogens with zero attached hydrogens (tertiary/aromatic N) is 1. The summed E-state index contributed by atoms with van der Waals surface area (Å²) in [7, 11) is 0. The minimum Gasteiger partial charge on any atom is -0.478 e. The summed E-state index contributed by atoms with van der Waals surface area (Å²) in [5.74, 6) is 0.429. The van der Waals surface area contributed by atoms with Gasteiger partial charge in [-0.25, -0.2) is 9.78 Å². The average Bonchev–Trinajstić information content (AvgIpc) is 2.40. The fourth-order valence-corrected chi connectivity index (χ4v) is 3.12. The zero-order valence-corrected chi connectivity index (χ0v) is 12.5. The first-order valence-electron chi connectivity index (χ1n) is 7.26. The van der Waals surface area contributed by atoms with Gasteiger partial charge in [0.25, 0.3) is 0 Å². The molecule has 1 aliphatic carbocycles. The number of carbonyl (C=O) groups is 1. The van der Waals surface area contributed by atoms with Gasteiger partial charge in [0.15, 0.2) is 0 Å². The van der Waals surface area contributed by atoms with Crippen LogP contribution in [-0.4, -0.2) is 22.1 Å². The summed E-state index contributed by atoms with van der Waals surface area (Å²) in [6, 6.07) is 3.29. The lowest BCUT2D eigenvalue weighted by Crippen LogP contribution is -2.26. The van der Waals surface area contributed by atoms with Crippen LogP contribution < -0.4 is 5.32 Å². The molecular weight excluding hydrogens is 276 g/mol. The molecule has 4 nitrogen and oxygen atoms in total. The third-order valence-corrected chi connectivity index (χ3v) is 4.13. The van der Waals surface area contributed by atoms with Gasteiger partial charge in [-0.05, 0) is 43.7 Å². The van der Waals surface area contributed by atoms with E-state index in [-0.39, 0.29) is 10.7 Å². The largest absolute Gasteiger partial charge is 0.478 e. The lowest BCUT2D eigenvalue weighted by molar-refractivity contribution is 0.0697. The number of anilines is 1. The SMILES string of the molecule is CCCC1CCC(Nc2cc(C(=O)O)cc(Cl)n2)CC1. The van der Waals surface area contributed by atoms with Gasteiger partial charge in [0, 0.05) is 6.04 Å². The molecule has 1 aromatic rings. The van der Waals surface area contributed by atoms with Crippen molar-refractivity contribution in [3.05, 3.63) is 22.8 Å². The molecular formula is C15H21ClN2O2. The number of aromatic nitrogens is 1. The molecule has 0 aliphatic heterocycles. The summed E-state index contributed by atoms with van der Waals surface area (Å²) in [4.78, 5) is 15.2. The van der Waals surface area contributed by atoms with Gasteiger partial charge in [-0.15, -0.1) is 0 Å². The van der Waals surface area contributed by atoms with Gasteiger partial charge in [-0.2, -0.15) is 0 Å². The van der Waals surface area contributed by atoms with E-state index in [9.17, 15) is 4.79 Å². The van der Waals surface area contributed by atoms with Crippen molar-refractivity contribution < 1.29 is 9.90 Å². The molecule has 0 saturated heterocycles. The summed E-state index contributed by atoms with van der Waals surface area (Å²) < 4.78 is 0. The number of hydrogen-bond donors (Lipinski definition) is 2. The quantitative estimate of drug-likeness (QED) is 0.799. The van der Waals surface area contributed by atoms with Gasteiger partial charge in [0.2, 0.25) is 0 Å². The predicted octanol–water partition coefficient (Wildman–Crippen LogP) is 4.20. The van der Waals surface area contributed by atoms with Gasteiger partial charge < -0.3 is 10.4 Å². The lowest BCUT2D eigenvalue weighted by Gasteiger charge is -2.29. The molecule has 2 rings (SSSR count). The maximum Gasteiger partial charge on any atom is 0.335 e. The highest BCUT2D eigenvalue weighted by Gasteiger charge is 2.21. The standard InChI is InChI=1S/C15H21ClN2O2/c1-2-3-10-4-6-12(7-5-10)17-14-9-11(15(19)20)8-13(16)18-14/h8-10,12H,2-7H2,1H3,(H,17,18)(H,19,20). The molecule has 20 heavy (non-hydrogen) atoms. The van der Waals surface area contributed by atoms with Gasteiger partial charge in [-0.3, -0.25) is 0 Å². The number of pyridine rings is 1. The zero-order valence-electron chi connectivity index (χ0n) is 11.7. The number of nitrogens with one attached hydrogen (secondary N) is 1. The minimum atomic E-state index is -0.982. The molecule has 0 bridgehead atoms. The second kappa shape index (κ2) is 6.93. The van der Waals surface area contributed by atoms with Crippen molar-refractivity contribution in [2.75, 3.05) is 5.32 Å². The molecule has 110 valence electrons. The maximum atomic E-state index is 11.0. The monoisotopic (exact) mass is 296 g/mol. The van der Waals surface area contributed by atoms with Gasteiger partial charge in [0.1, 0.15) is 11.0 Å². The molecule has 1 saturated carbocycles. The third kappa shape index (κ3) is 4.10. The lowest BCUT2D eigenvalue weighted by atomic mass is 9.83. The fourth-order valence-electron chi connectivity index (χ4n) is 2.91. The molecule has 1 aromatic heterocycles. The number of hydrogen-bond acceptors (Lipinski definition) is 3. The number of carboxylic acids is 1. The fraction of sp³-hybridized carbons (Fsp3) is 0.600. The molecule has 0 spiro atoms. The Morgan fingerprint density at radius 1 is 1.40 bits per heavy atom. The Balaban J connectivity index is 1.96. The van der Waals surface area contributed by atoms with Gasteiger partial charge >= 0.3 is 5.97 Å². The summed E-state index contributed by atoms with van der Waals surface area (Å²) >= 11 is 5.86. The number of aromatic carboxylic acids is 1. The van der Waals surface area contributed by atoms with Crippen molar-refractivity contribution in [1.82, 2.24) is 4.98 Å². The average molecular weight is 297 g/mol. The Labute approximate surface area is 124 Å². The molecule has 2 N–H and O–H groups in total. The van der Waals surface area contributed by atoms with Gasteiger partial charge in [-0.1, -0.05) is 31.4 Å². The van der Waals surface area contributed by atoms with Gasteiger partial charge in [0.05, 0.1) is 5.56 Å². The molecule has 0 atom stereocenters. The van der Waals surface area contributed by atoms with Crippen molar-refractivity contribution in [2.45, 2.75) is 51.5 Å². The smallest absolute Gasteiger partial charge is 0.335 e. The van der Waals surface area contributed by atoms with E-state index in [0.717, 1.165) is 18.8 Å². The van der Waals surface area contributed by atoms with Crippen LogP contribution in [0.5, 0.6) is 0 Å². The molecule has 0 aromatic carbocycles. The zero-order chi connectivity index (χ0) is 14.5.